The molecule has 0 saturated carbocycles. The number of hydrogen-bond acceptors (Lipinski definition) is 0. The minimum Gasteiger partial charge on any atom is -0.0971 e. The van der Waals surface area contributed by atoms with E-state index in [1.165, 1.54) is 0 Å². The van der Waals surface area contributed by atoms with Gasteiger partial charge in [-0.2, -0.15) is 0 Å². The SMILES string of the molecule is BCC(Cl)(Cl)c1ccccc1. The summed E-state index contributed by atoms with van der Waals surface area (Å²) in [6.45, 7) is 0. The minimum absolute atomic E-state index is 0.721. The zero-order chi connectivity index (χ0) is 8.32. The molecule has 1 aromatic rings. The summed E-state index contributed by atoms with van der Waals surface area (Å²) >= 11 is 12.0. The van der Waals surface area contributed by atoms with E-state index in [-0.39, 0.29) is 0 Å². The summed E-state index contributed by atoms with van der Waals surface area (Å²) in [5, 5.41) is 0. The maximum absolute atomic E-state index is 6.01. The van der Waals surface area contributed by atoms with Crippen molar-refractivity contribution in [1.29, 1.82) is 0 Å². The third kappa shape index (κ3) is 2.15. The second-order valence-corrected chi connectivity index (χ2v) is 3.91. The van der Waals surface area contributed by atoms with Gasteiger partial charge in [-0.1, -0.05) is 53.5 Å². The van der Waals surface area contributed by atoms with Crippen LogP contribution in [0.2, 0.25) is 6.32 Å². The van der Waals surface area contributed by atoms with Gasteiger partial charge in [0.15, 0.2) is 0 Å². The Labute approximate surface area is 77.9 Å². The number of benzene rings is 1. The second-order valence-electron chi connectivity index (χ2n) is 2.42. The summed E-state index contributed by atoms with van der Waals surface area (Å²) in [5.41, 5.74) is 0.964. The lowest BCUT2D eigenvalue weighted by Gasteiger charge is -2.17. The average Bonchev–Trinajstić information content (AvgIpc) is 2.06. The molecule has 0 radical (unpaired) electrons. The monoisotopic (exact) mass is 186 g/mol. The lowest BCUT2D eigenvalue weighted by Crippen LogP contribution is -2.08. The third-order valence-electron chi connectivity index (χ3n) is 1.64. The zero-order valence-corrected chi connectivity index (χ0v) is 7.86. The van der Waals surface area contributed by atoms with Crippen LogP contribution in [0.5, 0.6) is 0 Å². The Morgan fingerprint density at radius 2 is 1.73 bits per heavy atom. The van der Waals surface area contributed by atoms with Crippen molar-refractivity contribution < 1.29 is 0 Å². The summed E-state index contributed by atoms with van der Waals surface area (Å²) < 4.78 is -0.721. The van der Waals surface area contributed by atoms with E-state index in [9.17, 15) is 0 Å². The van der Waals surface area contributed by atoms with Gasteiger partial charge in [-0.25, -0.2) is 0 Å². The van der Waals surface area contributed by atoms with Crippen molar-refractivity contribution in [3.8, 4) is 0 Å². The molecule has 0 aliphatic rings. The van der Waals surface area contributed by atoms with Gasteiger partial charge in [0.05, 0.1) is 0 Å². The normalized spacial score (nSPS) is 11.5. The molecule has 0 N–H and O–H groups in total. The van der Waals surface area contributed by atoms with Crippen molar-refractivity contribution in [2.24, 2.45) is 0 Å². The molecule has 1 aromatic carbocycles. The van der Waals surface area contributed by atoms with E-state index in [4.69, 9.17) is 23.2 Å². The lowest BCUT2D eigenvalue weighted by atomic mass is 9.96. The van der Waals surface area contributed by atoms with Gasteiger partial charge in [0.1, 0.15) is 12.2 Å². The predicted octanol–water partition coefficient (Wildman–Crippen LogP) is 2.37. The summed E-state index contributed by atoms with van der Waals surface area (Å²) in [7, 11) is 1.97. The lowest BCUT2D eigenvalue weighted by molar-refractivity contribution is 0.973. The summed E-state index contributed by atoms with van der Waals surface area (Å²) in [5.74, 6) is 0. The van der Waals surface area contributed by atoms with E-state index in [1.807, 2.05) is 38.2 Å². The van der Waals surface area contributed by atoms with Gasteiger partial charge in [-0.3, -0.25) is 0 Å². The van der Waals surface area contributed by atoms with Gasteiger partial charge in [0, 0.05) is 0 Å². The molecule has 11 heavy (non-hydrogen) atoms. The van der Waals surface area contributed by atoms with Gasteiger partial charge in [-0.15, -0.1) is 0 Å². The molecule has 0 saturated heterocycles. The maximum Gasteiger partial charge on any atom is 0.136 e. The quantitative estimate of drug-likeness (QED) is 0.492. The molecule has 0 unspecified atom stereocenters. The molecule has 0 heterocycles. The summed E-state index contributed by atoms with van der Waals surface area (Å²) in [6.07, 6.45) is 0.722. The van der Waals surface area contributed by atoms with E-state index < -0.39 is 4.33 Å². The number of rotatable bonds is 2. The van der Waals surface area contributed by atoms with E-state index in [0.717, 1.165) is 11.9 Å². The smallest absolute Gasteiger partial charge is 0.0971 e. The Kier molecular flexibility index (Phi) is 2.86. The molecule has 0 amide bonds. The van der Waals surface area contributed by atoms with Crippen molar-refractivity contribution in [3.05, 3.63) is 35.9 Å². The standard InChI is InChI=1S/C8H9BCl2/c9-6-8(10,11)7-4-2-1-3-5-7/h1-5H,6,9H2. The summed E-state index contributed by atoms with van der Waals surface area (Å²) in [6, 6.07) is 9.69. The van der Waals surface area contributed by atoms with Crippen molar-refractivity contribution in [2.75, 3.05) is 0 Å². The van der Waals surface area contributed by atoms with Crippen molar-refractivity contribution >= 4 is 31.0 Å². The van der Waals surface area contributed by atoms with Crippen LogP contribution in [0, 0.1) is 0 Å². The first-order valence-electron chi connectivity index (χ1n) is 3.60. The largest absolute Gasteiger partial charge is 0.136 e. The van der Waals surface area contributed by atoms with Crippen LogP contribution in [0.25, 0.3) is 0 Å². The topological polar surface area (TPSA) is 0 Å². The molecule has 0 aromatic heterocycles. The van der Waals surface area contributed by atoms with Crippen molar-refractivity contribution in [1.82, 2.24) is 0 Å². The van der Waals surface area contributed by atoms with E-state index in [1.54, 1.807) is 0 Å². The zero-order valence-electron chi connectivity index (χ0n) is 6.35. The Morgan fingerprint density at radius 1 is 1.18 bits per heavy atom. The summed E-state index contributed by atoms with van der Waals surface area (Å²) in [4.78, 5) is 0. The molecule has 0 fully saturated rings. The Hall–Kier alpha value is -0.135. The first-order chi connectivity index (χ1) is 5.17. The van der Waals surface area contributed by atoms with Crippen LogP contribution in [0.15, 0.2) is 30.3 Å². The molecule has 3 heteroatoms. The van der Waals surface area contributed by atoms with Gasteiger partial charge in [0.2, 0.25) is 0 Å². The molecule has 0 aliphatic heterocycles. The number of alkyl halides is 2. The molecular formula is C8H9BCl2. The first-order valence-corrected chi connectivity index (χ1v) is 4.36. The molecule has 0 nitrogen and oxygen atoms in total. The number of hydrogen-bond donors (Lipinski definition) is 0. The molecule has 0 aliphatic carbocycles. The molecule has 58 valence electrons. The van der Waals surface area contributed by atoms with E-state index in [0.29, 0.717) is 0 Å². The molecular weight excluding hydrogens is 178 g/mol. The minimum atomic E-state index is -0.721. The van der Waals surface area contributed by atoms with E-state index >= 15 is 0 Å². The second kappa shape index (κ2) is 3.51. The van der Waals surface area contributed by atoms with Crippen LogP contribution in [-0.2, 0) is 4.33 Å². The fourth-order valence-electron chi connectivity index (χ4n) is 0.886. The average molecular weight is 187 g/mol. The molecule has 0 bridgehead atoms. The van der Waals surface area contributed by atoms with Gasteiger partial charge < -0.3 is 0 Å². The molecule has 0 atom stereocenters. The van der Waals surface area contributed by atoms with Crippen LogP contribution >= 0.6 is 23.2 Å². The Morgan fingerprint density at radius 3 is 2.18 bits per heavy atom. The van der Waals surface area contributed by atoms with Crippen LogP contribution < -0.4 is 0 Å². The van der Waals surface area contributed by atoms with Gasteiger partial charge in [-0.05, 0) is 11.9 Å². The Bertz CT molecular complexity index is 221. The first kappa shape index (κ1) is 8.96. The highest BCUT2D eigenvalue weighted by Gasteiger charge is 2.22. The van der Waals surface area contributed by atoms with Crippen LogP contribution in [0.1, 0.15) is 5.56 Å². The fraction of sp³-hybridized carbons (Fsp3) is 0.250. The highest BCUT2D eigenvalue weighted by molar-refractivity contribution is 6.50. The highest BCUT2D eigenvalue weighted by Crippen LogP contribution is 2.36. The molecule has 0 spiro atoms. The van der Waals surface area contributed by atoms with E-state index in [2.05, 4.69) is 0 Å². The Balaban J connectivity index is 2.93. The van der Waals surface area contributed by atoms with Gasteiger partial charge >= 0.3 is 0 Å². The highest BCUT2D eigenvalue weighted by atomic mass is 35.5. The third-order valence-corrected chi connectivity index (χ3v) is 2.61. The van der Waals surface area contributed by atoms with Crippen molar-refractivity contribution in [2.45, 2.75) is 10.7 Å². The van der Waals surface area contributed by atoms with Crippen LogP contribution in [0.3, 0.4) is 0 Å². The van der Waals surface area contributed by atoms with Crippen LogP contribution in [-0.4, -0.2) is 7.85 Å². The maximum atomic E-state index is 6.01. The number of halogens is 2. The predicted molar refractivity (Wildman–Crippen MR) is 53.2 cm³/mol. The van der Waals surface area contributed by atoms with Crippen molar-refractivity contribution in [3.63, 3.8) is 0 Å². The van der Waals surface area contributed by atoms with Gasteiger partial charge in [0.25, 0.3) is 0 Å². The molecule has 1 rings (SSSR count). The van der Waals surface area contributed by atoms with Crippen LogP contribution in [0.4, 0.5) is 0 Å². The fourth-order valence-corrected chi connectivity index (χ4v) is 1.14.